The van der Waals surface area contributed by atoms with E-state index in [-0.39, 0.29) is 6.17 Å². The summed E-state index contributed by atoms with van der Waals surface area (Å²) in [5.74, 6) is 0. The molecule has 0 fully saturated rings. The molecule has 1 atom stereocenters. The lowest BCUT2D eigenvalue weighted by Crippen LogP contribution is -2.34. The average Bonchev–Trinajstić information content (AvgIpc) is 2.41. The van der Waals surface area contributed by atoms with Crippen LogP contribution >= 0.6 is 0 Å². The summed E-state index contributed by atoms with van der Waals surface area (Å²) < 4.78 is 39.0. The fourth-order valence-electron chi connectivity index (χ4n) is 1.28. The van der Waals surface area contributed by atoms with Gasteiger partial charge in [-0.15, -0.1) is 0 Å². The molecule has 1 rings (SSSR count). The Labute approximate surface area is 92.4 Å². The molecule has 0 amide bonds. The molecule has 0 spiro atoms. The Hall–Kier alpha value is -0.915. The highest BCUT2D eigenvalue weighted by Crippen LogP contribution is 2.16. The number of hydrogen-bond acceptors (Lipinski definition) is 3. The van der Waals surface area contributed by atoms with Gasteiger partial charge in [0.05, 0.1) is 0 Å². The monoisotopic (exact) mass is 243 g/mol. The van der Waals surface area contributed by atoms with Gasteiger partial charge < -0.3 is 22.2 Å². The van der Waals surface area contributed by atoms with Gasteiger partial charge >= 0.3 is 7.25 Å². The fourth-order valence-corrected chi connectivity index (χ4v) is 1.28. The molecule has 16 heavy (non-hydrogen) atoms. The van der Waals surface area contributed by atoms with Gasteiger partial charge in [-0.2, -0.15) is 0 Å². The van der Waals surface area contributed by atoms with Crippen molar-refractivity contribution in [2.24, 2.45) is 0 Å². The van der Waals surface area contributed by atoms with E-state index >= 15 is 0 Å². The zero-order valence-electron chi connectivity index (χ0n) is 9.28. The largest absolute Gasteiger partial charge is 0.673 e. The van der Waals surface area contributed by atoms with Crippen molar-refractivity contribution in [1.82, 2.24) is 9.96 Å². The summed E-state index contributed by atoms with van der Waals surface area (Å²) in [5, 5.41) is 10.6. The first-order valence-corrected chi connectivity index (χ1v) is 5.00. The Kier molecular flexibility index (Phi) is 6.24. The van der Waals surface area contributed by atoms with Crippen molar-refractivity contribution in [3.8, 4) is 0 Å². The normalized spacial score (nSPS) is 19.8. The lowest BCUT2D eigenvalue weighted by Gasteiger charge is -2.25. The number of rotatable bonds is 3. The Balaban J connectivity index is 0.000000385. The van der Waals surface area contributed by atoms with E-state index in [0.29, 0.717) is 0 Å². The fraction of sp³-hybridized carbons (Fsp3) is 0.750. The van der Waals surface area contributed by atoms with E-state index in [9.17, 15) is 22.5 Å². The van der Waals surface area contributed by atoms with E-state index < -0.39 is 7.25 Å². The van der Waals surface area contributed by atoms with Crippen molar-refractivity contribution in [1.29, 1.82) is 0 Å². The van der Waals surface area contributed by atoms with Gasteiger partial charge in [0.25, 0.3) is 0 Å². The maximum absolute atomic E-state index is 9.75. The smallest absolute Gasteiger partial charge is 0.418 e. The van der Waals surface area contributed by atoms with Gasteiger partial charge in [-0.05, 0) is 12.8 Å². The minimum Gasteiger partial charge on any atom is -0.418 e. The summed E-state index contributed by atoms with van der Waals surface area (Å²) in [6, 6.07) is 0. The van der Waals surface area contributed by atoms with Crippen molar-refractivity contribution in [2.75, 3.05) is 7.05 Å². The molecule has 1 aliphatic heterocycles. The van der Waals surface area contributed by atoms with Crippen molar-refractivity contribution < 1.29 is 22.5 Å². The minimum absolute atomic E-state index is 0.162. The maximum atomic E-state index is 9.75. The molecule has 0 aromatic heterocycles. The second kappa shape index (κ2) is 6.62. The van der Waals surface area contributed by atoms with Crippen LogP contribution in [0.15, 0.2) is 12.4 Å². The summed E-state index contributed by atoms with van der Waals surface area (Å²) in [4.78, 5) is 2.02. The van der Waals surface area contributed by atoms with Crippen molar-refractivity contribution in [2.45, 2.75) is 32.4 Å². The predicted octanol–water partition coefficient (Wildman–Crippen LogP) is 2.91. The molecular weight excluding hydrogens is 227 g/mol. The number of hydroxylamine groups is 2. The molecule has 1 aliphatic rings. The Morgan fingerprint density at radius 2 is 1.75 bits per heavy atom. The highest BCUT2D eigenvalue weighted by Gasteiger charge is 2.21. The number of hydrogen-bond donors (Lipinski definition) is 1. The summed E-state index contributed by atoms with van der Waals surface area (Å²) in [7, 11) is -4.02. The van der Waals surface area contributed by atoms with Gasteiger partial charge in [0.2, 0.25) is 0 Å². The predicted molar refractivity (Wildman–Crippen MR) is 54.0 cm³/mol. The molecule has 0 aromatic carbocycles. The van der Waals surface area contributed by atoms with Crippen LogP contribution in [0.25, 0.3) is 0 Å². The highest BCUT2D eigenvalue weighted by atomic mass is 19.5. The molecular formula is C8H16BF4N2O-. The van der Waals surface area contributed by atoms with Crippen LogP contribution < -0.4 is 0 Å². The second-order valence-corrected chi connectivity index (χ2v) is 3.46. The highest BCUT2D eigenvalue weighted by molar-refractivity contribution is 6.50. The lowest BCUT2D eigenvalue weighted by atomic mass is 10.2. The zero-order valence-corrected chi connectivity index (χ0v) is 9.28. The molecule has 0 saturated carbocycles. The third kappa shape index (κ3) is 7.39. The zero-order chi connectivity index (χ0) is 12.8. The molecule has 0 aromatic rings. The van der Waals surface area contributed by atoms with Crippen LogP contribution in [0.2, 0.25) is 0 Å². The molecule has 0 saturated heterocycles. The van der Waals surface area contributed by atoms with Gasteiger partial charge in [-0.3, -0.25) is 5.21 Å². The van der Waals surface area contributed by atoms with E-state index in [2.05, 4.69) is 6.92 Å². The van der Waals surface area contributed by atoms with Crippen LogP contribution in [0.5, 0.6) is 0 Å². The third-order valence-electron chi connectivity index (χ3n) is 2.05. The van der Waals surface area contributed by atoms with E-state index in [1.807, 2.05) is 18.1 Å². The summed E-state index contributed by atoms with van der Waals surface area (Å²) >= 11 is 0. The third-order valence-corrected chi connectivity index (χ3v) is 2.05. The Bertz CT molecular complexity index is 207. The van der Waals surface area contributed by atoms with Crippen LogP contribution in [0.3, 0.4) is 0 Å². The SMILES string of the molecule is CCCCC1N(C)C=CN1O.F[B-](F)(F)F. The topological polar surface area (TPSA) is 26.7 Å². The van der Waals surface area contributed by atoms with Gasteiger partial charge in [-0.1, -0.05) is 13.3 Å². The summed E-state index contributed by atoms with van der Waals surface area (Å²) in [6.45, 7) is 2.16. The van der Waals surface area contributed by atoms with Gasteiger partial charge in [0.1, 0.15) is 6.17 Å². The van der Waals surface area contributed by atoms with Gasteiger partial charge in [0.15, 0.2) is 0 Å². The second-order valence-electron chi connectivity index (χ2n) is 3.46. The van der Waals surface area contributed by atoms with Crippen LogP contribution in [0.1, 0.15) is 26.2 Å². The first-order valence-electron chi connectivity index (χ1n) is 5.00. The molecule has 1 heterocycles. The van der Waals surface area contributed by atoms with Gasteiger partial charge in [0, 0.05) is 19.4 Å². The molecule has 3 nitrogen and oxygen atoms in total. The van der Waals surface area contributed by atoms with Gasteiger partial charge in [-0.25, -0.2) is 5.06 Å². The molecule has 96 valence electrons. The molecule has 0 aliphatic carbocycles. The van der Waals surface area contributed by atoms with Crippen molar-refractivity contribution in [3.63, 3.8) is 0 Å². The van der Waals surface area contributed by atoms with E-state index in [0.717, 1.165) is 12.8 Å². The van der Waals surface area contributed by atoms with E-state index in [1.165, 1.54) is 11.5 Å². The van der Waals surface area contributed by atoms with Crippen molar-refractivity contribution in [3.05, 3.63) is 12.4 Å². The Morgan fingerprint density at radius 1 is 1.25 bits per heavy atom. The maximum Gasteiger partial charge on any atom is 0.673 e. The van der Waals surface area contributed by atoms with E-state index in [4.69, 9.17) is 0 Å². The summed E-state index contributed by atoms with van der Waals surface area (Å²) in [6.07, 6.45) is 7.11. The lowest BCUT2D eigenvalue weighted by molar-refractivity contribution is -0.102. The molecule has 1 N–H and O–H groups in total. The average molecular weight is 243 g/mol. The number of nitrogens with zero attached hydrogens (tertiary/aromatic N) is 2. The first kappa shape index (κ1) is 15.1. The molecule has 8 heteroatoms. The standard InChI is InChI=1S/C8H16N2O.BF4/c1-3-4-5-8-9(2)6-7-10(8)11;2-1(3,4)5/h6-8,11H,3-5H2,1-2H3;/q;-1. The first-order chi connectivity index (χ1) is 7.25. The molecule has 0 radical (unpaired) electrons. The van der Waals surface area contributed by atoms with Crippen LogP contribution in [0, 0.1) is 0 Å². The van der Waals surface area contributed by atoms with Crippen LogP contribution in [-0.4, -0.2) is 35.6 Å². The van der Waals surface area contributed by atoms with Crippen LogP contribution in [-0.2, 0) is 0 Å². The number of unbranched alkanes of at least 4 members (excludes halogenated alkanes) is 1. The molecule has 1 unspecified atom stereocenters. The minimum atomic E-state index is -6.00. The van der Waals surface area contributed by atoms with Crippen molar-refractivity contribution >= 4 is 7.25 Å². The van der Waals surface area contributed by atoms with E-state index in [1.54, 1.807) is 6.20 Å². The molecule has 0 bridgehead atoms. The van der Waals surface area contributed by atoms with Crippen LogP contribution in [0.4, 0.5) is 17.3 Å². The Morgan fingerprint density at radius 3 is 2.06 bits per heavy atom. The quantitative estimate of drug-likeness (QED) is 0.609. The summed E-state index contributed by atoms with van der Waals surface area (Å²) in [5.41, 5.74) is 0. The number of halogens is 4.